The second kappa shape index (κ2) is 16.6. The van der Waals surface area contributed by atoms with Crippen LogP contribution in [0.2, 0.25) is 0 Å². The first-order valence-electron chi connectivity index (χ1n) is 11.2. The van der Waals surface area contributed by atoms with Crippen LogP contribution in [-0.2, 0) is 25.7 Å². The van der Waals surface area contributed by atoms with Crippen LogP contribution in [0.15, 0.2) is 30.3 Å². The zero-order chi connectivity index (χ0) is 23.2. The zero-order valence-electron chi connectivity index (χ0n) is 19.2. The molecule has 0 radical (unpaired) electrons. The van der Waals surface area contributed by atoms with Crippen molar-refractivity contribution in [2.24, 2.45) is 11.7 Å². The van der Waals surface area contributed by atoms with Gasteiger partial charge in [-0.3, -0.25) is 9.59 Å². The van der Waals surface area contributed by atoms with Crippen molar-refractivity contribution in [2.45, 2.75) is 45.3 Å². The maximum absolute atomic E-state index is 12.6. The third-order valence-electron chi connectivity index (χ3n) is 5.32. The van der Waals surface area contributed by atoms with Crippen LogP contribution in [0.5, 0.6) is 0 Å². The molecule has 1 aliphatic heterocycles. The van der Waals surface area contributed by atoms with E-state index in [0.29, 0.717) is 37.9 Å². The molecule has 1 atom stereocenters. The highest BCUT2D eigenvalue weighted by atomic mass is 35.5. The van der Waals surface area contributed by atoms with Crippen LogP contribution >= 0.6 is 24.2 Å². The lowest BCUT2D eigenvalue weighted by molar-refractivity contribution is -0.141. The van der Waals surface area contributed by atoms with E-state index in [1.165, 1.54) is 6.92 Å². The number of likely N-dealkylation sites (tertiary alicyclic amines) is 1. The van der Waals surface area contributed by atoms with Gasteiger partial charge in [-0.1, -0.05) is 30.3 Å². The highest BCUT2D eigenvalue weighted by molar-refractivity contribution is 7.99. The monoisotopic (exact) mass is 501 g/mol. The predicted octanol–water partition coefficient (Wildman–Crippen LogP) is 2.98. The molecule has 186 valence electrons. The van der Waals surface area contributed by atoms with Gasteiger partial charge in [0.15, 0.2) is 0 Å². The van der Waals surface area contributed by atoms with E-state index in [9.17, 15) is 14.4 Å². The van der Waals surface area contributed by atoms with Crippen LogP contribution in [0.1, 0.15) is 38.2 Å². The van der Waals surface area contributed by atoms with E-state index in [-0.39, 0.29) is 30.9 Å². The normalized spacial score (nSPS) is 14.7. The first kappa shape index (κ1) is 29.1. The minimum atomic E-state index is -0.513. The molecule has 10 heteroatoms. The number of carbonyl (C=O) groups is 3. The van der Waals surface area contributed by atoms with Crippen LogP contribution in [-0.4, -0.2) is 66.7 Å². The Kier molecular flexibility index (Phi) is 14.6. The molecule has 1 saturated heterocycles. The Hall–Kier alpha value is -1.97. The van der Waals surface area contributed by atoms with Gasteiger partial charge in [0.2, 0.25) is 5.91 Å². The molecule has 1 aromatic rings. The zero-order valence-corrected chi connectivity index (χ0v) is 20.8. The summed E-state index contributed by atoms with van der Waals surface area (Å²) >= 11 is 1.62. The topological polar surface area (TPSA) is 111 Å². The van der Waals surface area contributed by atoms with E-state index >= 15 is 0 Å². The molecule has 0 saturated carbocycles. The van der Waals surface area contributed by atoms with E-state index in [4.69, 9.17) is 15.2 Å². The molecule has 1 unspecified atom stereocenters. The molecule has 1 aliphatic rings. The lowest BCUT2D eigenvalue weighted by atomic mass is 9.93. The van der Waals surface area contributed by atoms with Gasteiger partial charge in [0.1, 0.15) is 6.61 Å². The van der Waals surface area contributed by atoms with E-state index in [0.717, 1.165) is 37.0 Å². The Labute approximate surface area is 206 Å². The maximum Gasteiger partial charge on any atom is 0.407 e. The number of hydrogen-bond donors (Lipinski definition) is 2. The number of alkyl carbamates (subject to hydrolysis) is 1. The summed E-state index contributed by atoms with van der Waals surface area (Å²) in [7, 11) is 0. The molecule has 0 aromatic heterocycles. The Balaban J connectivity index is 0.00000544. The van der Waals surface area contributed by atoms with Crippen molar-refractivity contribution in [2.75, 3.05) is 37.7 Å². The van der Waals surface area contributed by atoms with Crippen LogP contribution in [0.3, 0.4) is 0 Å². The molecular formula is C23H36ClN3O5S. The number of ether oxygens (including phenoxy) is 2. The van der Waals surface area contributed by atoms with Crippen molar-refractivity contribution >= 4 is 42.1 Å². The molecule has 0 aliphatic carbocycles. The second-order valence-electron chi connectivity index (χ2n) is 7.92. The number of amides is 2. The van der Waals surface area contributed by atoms with Gasteiger partial charge in [-0.15, -0.1) is 12.4 Å². The van der Waals surface area contributed by atoms with Gasteiger partial charge in [-0.2, -0.15) is 11.8 Å². The first-order valence-corrected chi connectivity index (χ1v) is 12.3. The lowest BCUT2D eigenvalue weighted by Crippen LogP contribution is -2.48. The largest absolute Gasteiger partial charge is 0.466 e. The number of carbonyl (C=O) groups excluding carboxylic acids is 3. The lowest BCUT2D eigenvalue weighted by Gasteiger charge is -2.33. The molecule has 2 rings (SSSR count). The number of halogens is 1. The molecule has 1 heterocycles. The van der Waals surface area contributed by atoms with Gasteiger partial charge in [0.25, 0.3) is 0 Å². The van der Waals surface area contributed by atoms with Gasteiger partial charge in [0, 0.05) is 32.3 Å². The van der Waals surface area contributed by atoms with E-state index in [1.54, 1.807) is 11.8 Å². The summed E-state index contributed by atoms with van der Waals surface area (Å²) in [5, 5.41) is 2.73. The number of piperidine rings is 1. The smallest absolute Gasteiger partial charge is 0.407 e. The summed E-state index contributed by atoms with van der Waals surface area (Å²) < 4.78 is 10.2. The standard InChI is InChI=1S/C23H35N3O5S.ClH/c1-18(27)30-14-10-19-8-12-26(13-9-19)22(28)21(24)17-32-15-5-11-25-23(29)31-16-20-6-3-2-4-7-20;/h2-4,6-7,19,21H,5,8-17,24H2,1H3,(H,25,29);1H. The number of nitrogens with two attached hydrogens (primary N) is 1. The molecule has 8 nitrogen and oxygen atoms in total. The van der Waals surface area contributed by atoms with Crippen molar-refractivity contribution < 1.29 is 23.9 Å². The second-order valence-corrected chi connectivity index (χ2v) is 9.07. The number of benzene rings is 1. The SMILES string of the molecule is CC(=O)OCCC1CCN(C(=O)C(N)CSCCCNC(=O)OCc2ccccc2)CC1.Cl. The molecule has 0 spiro atoms. The number of rotatable bonds is 12. The molecule has 0 bridgehead atoms. The fraction of sp³-hybridized carbons (Fsp3) is 0.609. The third-order valence-corrected chi connectivity index (χ3v) is 6.49. The summed E-state index contributed by atoms with van der Waals surface area (Å²) in [4.78, 5) is 36.9. The number of esters is 1. The minimum Gasteiger partial charge on any atom is -0.466 e. The molecular weight excluding hydrogens is 466 g/mol. The van der Waals surface area contributed by atoms with Gasteiger partial charge in [0.05, 0.1) is 12.6 Å². The van der Waals surface area contributed by atoms with Crippen LogP contribution < -0.4 is 11.1 Å². The van der Waals surface area contributed by atoms with Crippen molar-refractivity contribution in [1.29, 1.82) is 0 Å². The summed E-state index contributed by atoms with van der Waals surface area (Å²) in [6.07, 6.45) is 3.02. The van der Waals surface area contributed by atoms with Gasteiger partial charge in [-0.25, -0.2) is 4.79 Å². The average molecular weight is 502 g/mol. The Morgan fingerprint density at radius 1 is 1.18 bits per heavy atom. The Morgan fingerprint density at radius 3 is 2.55 bits per heavy atom. The van der Waals surface area contributed by atoms with Crippen molar-refractivity contribution in [3.8, 4) is 0 Å². The number of nitrogens with zero attached hydrogens (tertiary/aromatic N) is 1. The van der Waals surface area contributed by atoms with Crippen molar-refractivity contribution in [3.05, 3.63) is 35.9 Å². The van der Waals surface area contributed by atoms with Gasteiger partial charge >= 0.3 is 12.1 Å². The molecule has 3 N–H and O–H groups in total. The van der Waals surface area contributed by atoms with E-state index < -0.39 is 12.1 Å². The first-order chi connectivity index (χ1) is 15.5. The van der Waals surface area contributed by atoms with Gasteiger partial charge in [-0.05, 0) is 42.9 Å². The highest BCUT2D eigenvalue weighted by Crippen LogP contribution is 2.21. The predicted molar refractivity (Wildman–Crippen MR) is 132 cm³/mol. The van der Waals surface area contributed by atoms with Crippen molar-refractivity contribution in [3.63, 3.8) is 0 Å². The molecule has 2 amide bonds. The van der Waals surface area contributed by atoms with Crippen LogP contribution in [0.25, 0.3) is 0 Å². The average Bonchev–Trinajstić information content (AvgIpc) is 2.80. The quantitative estimate of drug-likeness (QED) is 0.334. The Bertz CT molecular complexity index is 717. The summed E-state index contributed by atoms with van der Waals surface area (Å²) in [5.74, 6) is 1.59. The summed E-state index contributed by atoms with van der Waals surface area (Å²) in [6.45, 7) is 4.04. The van der Waals surface area contributed by atoms with E-state index in [2.05, 4.69) is 5.32 Å². The number of hydrogen-bond acceptors (Lipinski definition) is 7. The minimum absolute atomic E-state index is 0. The number of nitrogens with one attached hydrogen (secondary N) is 1. The highest BCUT2D eigenvalue weighted by Gasteiger charge is 2.26. The van der Waals surface area contributed by atoms with Crippen LogP contribution in [0, 0.1) is 5.92 Å². The van der Waals surface area contributed by atoms with Crippen molar-refractivity contribution in [1.82, 2.24) is 10.2 Å². The molecule has 1 fully saturated rings. The molecule has 1 aromatic carbocycles. The molecule has 33 heavy (non-hydrogen) atoms. The maximum atomic E-state index is 12.6. The van der Waals surface area contributed by atoms with Crippen LogP contribution in [0.4, 0.5) is 4.79 Å². The Morgan fingerprint density at radius 2 is 1.88 bits per heavy atom. The van der Waals surface area contributed by atoms with Gasteiger partial charge < -0.3 is 25.4 Å². The fourth-order valence-electron chi connectivity index (χ4n) is 3.47. The fourth-order valence-corrected chi connectivity index (χ4v) is 4.38. The number of thioether (sulfide) groups is 1. The van der Waals surface area contributed by atoms with E-state index in [1.807, 2.05) is 35.2 Å². The summed E-state index contributed by atoms with van der Waals surface area (Å²) in [6, 6.07) is 9.02. The third kappa shape index (κ3) is 12.2. The summed E-state index contributed by atoms with van der Waals surface area (Å²) in [5.41, 5.74) is 7.04.